The van der Waals surface area contributed by atoms with Gasteiger partial charge in [-0.05, 0) is 40.2 Å². The largest absolute Gasteiger partial charge is 0.459 e. The zero-order chi connectivity index (χ0) is 15.5. The Balaban J connectivity index is 2.25. The molecule has 1 heterocycles. The van der Waals surface area contributed by atoms with Crippen molar-refractivity contribution in [3.63, 3.8) is 0 Å². The molecule has 0 radical (unpaired) electrons. The van der Waals surface area contributed by atoms with Gasteiger partial charge >= 0.3 is 0 Å². The van der Waals surface area contributed by atoms with Crippen LogP contribution in [0.3, 0.4) is 0 Å². The Labute approximate surface area is 127 Å². The number of para-hydroxylation sites is 1. The van der Waals surface area contributed by atoms with Crippen LogP contribution < -0.4 is 5.32 Å². The topological polar surface area (TPSA) is 34.4 Å². The van der Waals surface area contributed by atoms with E-state index in [0.717, 1.165) is 29.7 Å². The molecule has 0 saturated carbocycles. The van der Waals surface area contributed by atoms with Gasteiger partial charge in [-0.3, -0.25) is 0 Å². The van der Waals surface area contributed by atoms with Crippen molar-refractivity contribution in [3.05, 3.63) is 35.6 Å². The van der Waals surface area contributed by atoms with Crippen molar-refractivity contribution in [2.24, 2.45) is 0 Å². The van der Waals surface area contributed by atoms with Crippen LogP contribution in [0.1, 0.15) is 52.4 Å². The van der Waals surface area contributed by atoms with Gasteiger partial charge in [0.05, 0.1) is 19.3 Å². The van der Waals surface area contributed by atoms with Crippen molar-refractivity contribution >= 4 is 11.0 Å². The number of ether oxygens (including phenoxy) is 1. The highest BCUT2D eigenvalue weighted by Gasteiger charge is 2.17. The van der Waals surface area contributed by atoms with E-state index in [2.05, 4.69) is 46.0 Å². The first-order valence-electron chi connectivity index (χ1n) is 7.76. The summed E-state index contributed by atoms with van der Waals surface area (Å²) in [5.41, 5.74) is 2.17. The molecule has 0 aliphatic heterocycles. The molecule has 3 heteroatoms. The molecule has 21 heavy (non-hydrogen) atoms. The average Bonchev–Trinajstić information content (AvgIpc) is 2.79. The van der Waals surface area contributed by atoms with Gasteiger partial charge in [0.2, 0.25) is 0 Å². The van der Waals surface area contributed by atoms with Crippen LogP contribution in [0.5, 0.6) is 0 Å². The number of hydrogen-bond donors (Lipinski definition) is 1. The average molecular weight is 289 g/mol. The zero-order valence-electron chi connectivity index (χ0n) is 13.8. The van der Waals surface area contributed by atoms with Gasteiger partial charge in [0.15, 0.2) is 0 Å². The highest BCUT2D eigenvalue weighted by molar-refractivity contribution is 5.82. The van der Waals surface area contributed by atoms with Gasteiger partial charge in [-0.15, -0.1) is 0 Å². The molecule has 1 N–H and O–H groups in total. The molecule has 0 aliphatic rings. The van der Waals surface area contributed by atoms with Crippen LogP contribution in [0.25, 0.3) is 11.0 Å². The zero-order valence-corrected chi connectivity index (χ0v) is 13.8. The van der Waals surface area contributed by atoms with E-state index in [-0.39, 0.29) is 11.6 Å². The summed E-state index contributed by atoms with van der Waals surface area (Å²) in [6.45, 7) is 12.0. The summed E-state index contributed by atoms with van der Waals surface area (Å²) in [6, 6.07) is 8.18. The molecule has 1 aromatic carbocycles. The molecular weight excluding hydrogens is 262 g/mol. The highest BCUT2D eigenvalue weighted by atomic mass is 16.5. The SMILES string of the molecule is CCC(C)OCc1c(CNC(C)(C)C)oc2ccccc12. The lowest BCUT2D eigenvalue weighted by Gasteiger charge is -2.20. The summed E-state index contributed by atoms with van der Waals surface area (Å²) < 4.78 is 11.9. The molecular formula is C18H27NO2. The van der Waals surface area contributed by atoms with Crippen LogP contribution >= 0.6 is 0 Å². The van der Waals surface area contributed by atoms with Gasteiger partial charge in [0.25, 0.3) is 0 Å². The first-order valence-corrected chi connectivity index (χ1v) is 7.76. The van der Waals surface area contributed by atoms with E-state index in [0.29, 0.717) is 6.61 Å². The second-order valence-electron chi connectivity index (χ2n) is 6.63. The van der Waals surface area contributed by atoms with Crippen molar-refractivity contribution < 1.29 is 9.15 Å². The summed E-state index contributed by atoms with van der Waals surface area (Å²) >= 11 is 0. The lowest BCUT2D eigenvalue weighted by atomic mass is 10.1. The van der Waals surface area contributed by atoms with E-state index >= 15 is 0 Å². The number of benzene rings is 1. The van der Waals surface area contributed by atoms with Crippen LogP contribution in [0.4, 0.5) is 0 Å². The van der Waals surface area contributed by atoms with E-state index in [1.807, 2.05) is 18.2 Å². The van der Waals surface area contributed by atoms with E-state index in [4.69, 9.17) is 9.15 Å². The van der Waals surface area contributed by atoms with Crippen molar-refractivity contribution in [3.8, 4) is 0 Å². The van der Waals surface area contributed by atoms with Crippen LogP contribution in [0.15, 0.2) is 28.7 Å². The van der Waals surface area contributed by atoms with E-state index < -0.39 is 0 Å². The third-order valence-electron chi connectivity index (χ3n) is 3.65. The summed E-state index contributed by atoms with van der Waals surface area (Å²) in [6.07, 6.45) is 1.29. The van der Waals surface area contributed by atoms with Crippen LogP contribution in [0, 0.1) is 0 Å². The monoisotopic (exact) mass is 289 g/mol. The van der Waals surface area contributed by atoms with Gasteiger partial charge in [-0.25, -0.2) is 0 Å². The third-order valence-corrected chi connectivity index (χ3v) is 3.65. The predicted molar refractivity (Wildman–Crippen MR) is 87.3 cm³/mol. The van der Waals surface area contributed by atoms with Crippen molar-refractivity contribution in [1.29, 1.82) is 0 Å². The minimum absolute atomic E-state index is 0.0633. The first kappa shape index (κ1) is 16.1. The van der Waals surface area contributed by atoms with Crippen LogP contribution in [0.2, 0.25) is 0 Å². The second-order valence-corrected chi connectivity index (χ2v) is 6.63. The molecule has 0 bridgehead atoms. The Bertz CT molecular complexity index is 580. The molecule has 2 rings (SSSR count). The predicted octanol–water partition coefficient (Wildman–Crippen LogP) is 4.64. The van der Waals surface area contributed by atoms with Gasteiger partial charge < -0.3 is 14.5 Å². The normalized spacial score (nSPS) is 13.8. The quantitative estimate of drug-likeness (QED) is 0.841. The number of nitrogens with one attached hydrogen (secondary N) is 1. The van der Waals surface area contributed by atoms with Gasteiger partial charge in [-0.1, -0.05) is 25.1 Å². The summed E-state index contributed by atoms with van der Waals surface area (Å²) in [7, 11) is 0. The highest BCUT2D eigenvalue weighted by Crippen LogP contribution is 2.27. The molecule has 1 atom stereocenters. The summed E-state index contributed by atoms with van der Waals surface area (Å²) in [5.74, 6) is 0.981. The summed E-state index contributed by atoms with van der Waals surface area (Å²) in [4.78, 5) is 0. The van der Waals surface area contributed by atoms with Crippen molar-refractivity contribution in [2.45, 2.75) is 65.8 Å². The van der Waals surface area contributed by atoms with E-state index in [1.165, 1.54) is 5.56 Å². The van der Waals surface area contributed by atoms with E-state index in [9.17, 15) is 0 Å². The number of fused-ring (bicyclic) bond motifs is 1. The molecule has 116 valence electrons. The number of hydrogen-bond acceptors (Lipinski definition) is 3. The fourth-order valence-corrected chi connectivity index (χ4v) is 2.14. The maximum absolute atomic E-state index is 6.02. The first-order chi connectivity index (χ1) is 9.90. The molecule has 3 nitrogen and oxygen atoms in total. The second kappa shape index (κ2) is 6.63. The van der Waals surface area contributed by atoms with Gasteiger partial charge in [0.1, 0.15) is 11.3 Å². The maximum atomic E-state index is 6.02. The lowest BCUT2D eigenvalue weighted by molar-refractivity contribution is 0.0504. The molecule has 0 saturated heterocycles. The van der Waals surface area contributed by atoms with Crippen LogP contribution in [-0.2, 0) is 17.9 Å². The Hall–Kier alpha value is -1.32. The number of rotatable bonds is 6. The Morgan fingerprint density at radius 3 is 2.62 bits per heavy atom. The van der Waals surface area contributed by atoms with E-state index in [1.54, 1.807) is 0 Å². The molecule has 1 unspecified atom stereocenters. The minimum atomic E-state index is 0.0633. The molecule has 1 aromatic heterocycles. The maximum Gasteiger partial charge on any atom is 0.134 e. The molecule has 0 aliphatic carbocycles. The fraction of sp³-hybridized carbons (Fsp3) is 0.556. The molecule has 0 spiro atoms. The Kier molecular flexibility index (Phi) is 5.07. The molecule has 2 aromatic rings. The summed E-state index contributed by atoms with van der Waals surface area (Å²) in [5, 5.41) is 4.65. The fourth-order valence-electron chi connectivity index (χ4n) is 2.14. The third kappa shape index (κ3) is 4.32. The van der Waals surface area contributed by atoms with Crippen molar-refractivity contribution in [1.82, 2.24) is 5.32 Å². The minimum Gasteiger partial charge on any atom is -0.459 e. The molecule has 0 amide bonds. The Morgan fingerprint density at radius 2 is 1.95 bits per heavy atom. The van der Waals surface area contributed by atoms with Crippen molar-refractivity contribution in [2.75, 3.05) is 0 Å². The lowest BCUT2D eigenvalue weighted by Crippen LogP contribution is -2.35. The van der Waals surface area contributed by atoms with Gasteiger partial charge in [-0.2, -0.15) is 0 Å². The number of furan rings is 1. The van der Waals surface area contributed by atoms with Gasteiger partial charge in [0, 0.05) is 16.5 Å². The Morgan fingerprint density at radius 1 is 1.24 bits per heavy atom. The van der Waals surface area contributed by atoms with Crippen LogP contribution in [-0.4, -0.2) is 11.6 Å². The standard InChI is InChI=1S/C18H27NO2/c1-6-13(2)20-12-15-14-9-7-8-10-16(14)21-17(15)11-19-18(3,4)5/h7-10,13,19H,6,11-12H2,1-5H3. The smallest absolute Gasteiger partial charge is 0.134 e. The molecule has 0 fully saturated rings.